The van der Waals surface area contributed by atoms with Gasteiger partial charge in [0.1, 0.15) is 11.5 Å². The van der Waals surface area contributed by atoms with Gasteiger partial charge >= 0.3 is 12.7 Å². The molecule has 0 bridgehead atoms. The minimum atomic E-state index is -4.91. The number of ether oxygens (including phenoxy) is 2. The zero-order valence-corrected chi connectivity index (χ0v) is 17.8. The number of nitrogens with two attached hydrogens (primary N) is 1. The second-order valence-electron chi connectivity index (χ2n) is 6.93. The molecule has 3 nitrogen and oxygen atoms in total. The first kappa shape index (κ1) is 23.9. The number of benzene rings is 3. The van der Waals surface area contributed by atoms with Crippen LogP contribution in [-0.4, -0.2) is 12.7 Å². The maximum atomic E-state index is 12.7. The van der Waals surface area contributed by atoms with E-state index >= 15 is 0 Å². The van der Waals surface area contributed by atoms with E-state index in [4.69, 9.17) is 5.73 Å². The van der Waals surface area contributed by atoms with Gasteiger partial charge in [0.05, 0.1) is 5.54 Å². The van der Waals surface area contributed by atoms with Gasteiger partial charge in [-0.2, -0.15) is 0 Å². The Labute approximate surface area is 187 Å². The van der Waals surface area contributed by atoms with E-state index in [1.165, 1.54) is 24.3 Å². The van der Waals surface area contributed by atoms with Crippen molar-refractivity contribution in [1.82, 2.24) is 0 Å². The molecular formula is C22H16BrF6NO2. The summed E-state index contributed by atoms with van der Waals surface area (Å²) in [5.41, 5.74) is 6.33. The van der Waals surface area contributed by atoms with Gasteiger partial charge in [0, 0.05) is 4.47 Å². The van der Waals surface area contributed by atoms with E-state index in [-0.39, 0.29) is 17.5 Å². The van der Waals surface area contributed by atoms with Crippen LogP contribution in [0.5, 0.6) is 11.5 Å². The standard InChI is InChI=1S/C22H16BrF6NO2/c23-17-9-7-14(8-10-17)13-20(30,15-3-1-5-18(11-15)31-21(24,25)26)16-4-2-6-19(12-16)32-22(27,28)29/h1-12H,13,30H2. The highest BCUT2D eigenvalue weighted by Crippen LogP contribution is 2.36. The molecule has 0 spiro atoms. The quantitative estimate of drug-likeness (QED) is 0.369. The first-order valence-corrected chi connectivity index (χ1v) is 9.89. The van der Waals surface area contributed by atoms with Gasteiger partial charge in [-0.05, 0) is 59.5 Å². The van der Waals surface area contributed by atoms with Crippen LogP contribution in [0.4, 0.5) is 26.3 Å². The highest BCUT2D eigenvalue weighted by atomic mass is 79.9. The molecule has 10 heteroatoms. The minimum absolute atomic E-state index is 0.0746. The molecule has 0 aliphatic carbocycles. The van der Waals surface area contributed by atoms with Crippen LogP contribution in [-0.2, 0) is 12.0 Å². The van der Waals surface area contributed by atoms with Crippen molar-refractivity contribution in [3.63, 3.8) is 0 Å². The van der Waals surface area contributed by atoms with Gasteiger partial charge < -0.3 is 15.2 Å². The van der Waals surface area contributed by atoms with E-state index in [1.807, 2.05) is 0 Å². The molecule has 0 amide bonds. The van der Waals surface area contributed by atoms with Crippen LogP contribution in [0.15, 0.2) is 77.3 Å². The molecule has 0 aromatic heterocycles. The lowest BCUT2D eigenvalue weighted by molar-refractivity contribution is -0.275. The SMILES string of the molecule is NC(Cc1ccc(Br)cc1)(c1cccc(OC(F)(F)F)c1)c1cccc(OC(F)(F)F)c1. The highest BCUT2D eigenvalue weighted by molar-refractivity contribution is 9.10. The third-order valence-corrected chi connectivity index (χ3v) is 5.09. The molecule has 0 unspecified atom stereocenters. The van der Waals surface area contributed by atoms with Gasteiger partial charge in [-0.25, -0.2) is 0 Å². The lowest BCUT2D eigenvalue weighted by Gasteiger charge is -2.32. The summed E-state index contributed by atoms with van der Waals surface area (Å²) in [6, 6.07) is 17.1. The summed E-state index contributed by atoms with van der Waals surface area (Å²) in [5, 5.41) is 0. The molecule has 0 fully saturated rings. The Morgan fingerprint density at radius 3 is 1.53 bits per heavy atom. The molecule has 0 saturated carbocycles. The lowest BCUT2D eigenvalue weighted by atomic mass is 9.79. The fraction of sp³-hybridized carbons (Fsp3) is 0.182. The zero-order chi connectivity index (χ0) is 23.6. The second-order valence-corrected chi connectivity index (χ2v) is 7.84. The Morgan fingerprint density at radius 2 is 1.12 bits per heavy atom. The van der Waals surface area contributed by atoms with E-state index in [2.05, 4.69) is 25.4 Å². The van der Waals surface area contributed by atoms with Crippen molar-refractivity contribution in [2.75, 3.05) is 0 Å². The van der Waals surface area contributed by atoms with E-state index in [1.54, 1.807) is 24.3 Å². The second kappa shape index (κ2) is 9.03. The Hall–Kier alpha value is -2.72. The minimum Gasteiger partial charge on any atom is -0.406 e. The average Bonchev–Trinajstić information content (AvgIpc) is 2.67. The molecule has 3 aromatic carbocycles. The maximum Gasteiger partial charge on any atom is 0.573 e. The van der Waals surface area contributed by atoms with Crippen molar-refractivity contribution in [3.05, 3.63) is 94.0 Å². The van der Waals surface area contributed by atoms with Gasteiger partial charge in [0.15, 0.2) is 0 Å². The Morgan fingerprint density at radius 1 is 0.688 bits per heavy atom. The maximum absolute atomic E-state index is 12.7. The molecule has 32 heavy (non-hydrogen) atoms. The van der Waals surface area contributed by atoms with Crippen LogP contribution in [0.3, 0.4) is 0 Å². The molecule has 3 aromatic rings. The third-order valence-electron chi connectivity index (χ3n) is 4.56. The molecule has 0 atom stereocenters. The number of halogens is 7. The van der Waals surface area contributed by atoms with Crippen LogP contribution >= 0.6 is 15.9 Å². The number of hydrogen-bond donors (Lipinski definition) is 1. The molecule has 0 aliphatic rings. The third kappa shape index (κ3) is 6.39. The van der Waals surface area contributed by atoms with Crippen LogP contribution in [0.1, 0.15) is 16.7 Å². The summed E-state index contributed by atoms with van der Waals surface area (Å²) in [7, 11) is 0. The summed E-state index contributed by atoms with van der Waals surface area (Å²) in [6.45, 7) is 0. The molecule has 3 rings (SSSR count). The Bertz CT molecular complexity index is 1010. The Balaban J connectivity index is 2.09. The first-order valence-electron chi connectivity index (χ1n) is 9.10. The van der Waals surface area contributed by atoms with Crippen molar-refractivity contribution < 1.29 is 35.8 Å². The molecule has 0 aliphatic heterocycles. The van der Waals surface area contributed by atoms with Crippen molar-refractivity contribution in [3.8, 4) is 11.5 Å². The summed E-state index contributed by atoms with van der Waals surface area (Å²) in [6.07, 6.45) is -9.75. The van der Waals surface area contributed by atoms with Crippen molar-refractivity contribution in [2.45, 2.75) is 24.7 Å². The molecule has 0 saturated heterocycles. The van der Waals surface area contributed by atoms with Gasteiger partial charge in [0.2, 0.25) is 0 Å². The average molecular weight is 520 g/mol. The van der Waals surface area contributed by atoms with E-state index in [9.17, 15) is 26.3 Å². The highest BCUT2D eigenvalue weighted by Gasteiger charge is 2.35. The number of alkyl halides is 6. The van der Waals surface area contributed by atoms with Crippen molar-refractivity contribution in [1.29, 1.82) is 0 Å². The number of hydrogen-bond acceptors (Lipinski definition) is 3. The fourth-order valence-electron chi connectivity index (χ4n) is 3.24. The van der Waals surface area contributed by atoms with Crippen molar-refractivity contribution >= 4 is 15.9 Å². The monoisotopic (exact) mass is 519 g/mol. The summed E-state index contributed by atoms with van der Waals surface area (Å²) >= 11 is 3.31. The molecule has 0 radical (unpaired) electrons. The van der Waals surface area contributed by atoms with Gasteiger partial charge in [-0.15, -0.1) is 26.3 Å². The van der Waals surface area contributed by atoms with Crippen LogP contribution in [0.2, 0.25) is 0 Å². The predicted octanol–water partition coefficient (Wildman–Crippen LogP) is 6.69. The predicted molar refractivity (Wildman–Crippen MR) is 109 cm³/mol. The summed E-state index contributed by atoms with van der Waals surface area (Å²) in [5.74, 6) is -0.994. The lowest BCUT2D eigenvalue weighted by Crippen LogP contribution is -2.40. The van der Waals surface area contributed by atoms with Gasteiger partial charge in [0.25, 0.3) is 0 Å². The van der Waals surface area contributed by atoms with Gasteiger partial charge in [-0.1, -0.05) is 52.3 Å². The summed E-state index contributed by atoms with van der Waals surface area (Å²) in [4.78, 5) is 0. The summed E-state index contributed by atoms with van der Waals surface area (Å²) < 4.78 is 85.0. The molecular weight excluding hydrogens is 504 g/mol. The van der Waals surface area contributed by atoms with Crippen LogP contribution in [0, 0.1) is 0 Å². The Kier molecular flexibility index (Phi) is 6.75. The van der Waals surface area contributed by atoms with E-state index in [0.29, 0.717) is 5.56 Å². The first-order chi connectivity index (χ1) is 14.8. The zero-order valence-electron chi connectivity index (χ0n) is 16.2. The number of rotatable bonds is 6. The van der Waals surface area contributed by atoms with E-state index < -0.39 is 29.8 Å². The van der Waals surface area contributed by atoms with Crippen LogP contribution in [0.25, 0.3) is 0 Å². The van der Waals surface area contributed by atoms with Crippen molar-refractivity contribution in [2.24, 2.45) is 5.73 Å². The molecule has 2 N–H and O–H groups in total. The van der Waals surface area contributed by atoms with E-state index in [0.717, 1.165) is 28.7 Å². The normalized spacial score (nSPS) is 12.5. The largest absolute Gasteiger partial charge is 0.573 e. The van der Waals surface area contributed by atoms with Gasteiger partial charge in [-0.3, -0.25) is 0 Å². The van der Waals surface area contributed by atoms with Crippen LogP contribution < -0.4 is 15.2 Å². The topological polar surface area (TPSA) is 44.5 Å². The fourth-order valence-corrected chi connectivity index (χ4v) is 3.50. The molecule has 170 valence electrons. The molecule has 0 heterocycles. The smallest absolute Gasteiger partial charge is 0.406 e.